The maximum Gasteiger partial charge on any atom is 0.178 e. The number of rotatable bonds is 6. The molecule has 0 atom stereocenters. The van der Waals surface area contributed by atoms with Crippen LogP contribution >= 0.6 is 11.3 Å². The third-order valence-electron chi connectivity index (χ3n) is 3.91. The first-order valence-electron chi connectivity index (χ1n) is 7.41. The van der Waals surface area contributed by atoms with Crippen LogP contribution in [-0.2, 0) is 0 Å². The largest absolute Gasteiger partial charge is 0.397 e. The molecule has 108 valence electrons. The zero-order valence-corrected chi connectivity index (χ0v) is 13.0. The van der Waals surface area contributed by atoms with Gasteiger partial charge in [0.05, 0.1) is 15.6 Å². The minimum atomic E-state index is 0.244. The molecule has 0 saturated heterocycles. The number of Topliss-reactive ketones (excluding diaryl/α,β-unsaturated/α-hetero) is 1. The van der Waals surface area contributed by atoms with Crippen molar-refractivity contribution in [2.24, 2.45) is 5.92 Å². The van der Waals surface area contributed by atoms with Crippen LogP contribution in [0.1, 0.15) is 60.7 Å². The van der Waals surface area contributed by atoms with Crippen molar-refractivity contribution in [1.82, 2.24) is 0 Å². The van der Waals surface area contributed by atoms with Gasteiger partial charge in [0, 0.05) is 18.0 Å². The summed E-state index contributed by atoms with van der Waals surface area (Å²) in [5.41, 5.74) is 9.54. The maximum atomic E-state index is 12.3. The van der Waals surface area contributed by atoms with Crippen molar-refractivity contribution in [3.05, 3.63) is 22.1 Å². The molecule has 1 aromatic heterocycles. The van der Waals surface area contributed by atoms with Gasteiger partial charge in [0.25, 0.3) is 0 Å². The summed E-state index contributed by atoms with van der Waals surface area (Å²) in [6.07, 6.45) is 6.64. The molecular weight excluding hydrogens is 268 g/mol. The molecule has 2 aliphatic rings. The van der Waals surface area contributed by atoms with Gasteiger partial charge in [-0.05, 0) is 45.4 Å². The zero-order valence-electron chi connectivity index (χ0n) is 12.2. The zero-order chi connectivity index (χ0) is 14.3. The summed E-state index contributed by atoms with van der Waals surface area (Å²) in [5.74, 6) is 1.08. The second kappa shape index (κ2) is 5.24. The Labute approximate surface area is 124 Å². The minimum absolute atomic E-state index is 0.244. The number of hydrogen-bond acceptors (Lipinski definition) is 4. The van der Waals surface area contributed by atoms with Crippen molar-refractivity contribution >= 4 is 27.8 Å². The molecule has 3 N–H and O–H groups in total. The second-order valence-corrected chi connectivity index (χ2v) is 7.18. The lowest BCUT2D eigenvalue weighted by molar-refractivity contribution is 0.0972. The van der Waals surface area contributed by atoms with Crippen LogP contribution in [0, 0.1) is 5.92 Å². The van der Waals surface area contributed by atoms with Crippen LogP contribution < -0.4 is 11.1 Å². The molecule has 0 amide bonds. The molecule has 20 heavy (non-hydrogen) atoms. The number of nitrogens with two attached hydrogens (primary N) is 1. The van der Waals surface area contributed by atoms with Crippen molar-refractivity contribution < 1.29 is 4.79 Å². The van der Waals surface area contributed by atoms with Gasteiger partial charge in [-0.3, -0.25) is 4.79 Å². The van der Waals surface area contributed by atoms with E-state index in [9.17, 15) is 4.79 Å². The molecule has 0 radical (unpaired) electrons. The third kappa shape index (κ3) is 2.75. The normalized spacial score (nSPS) is 17.9. The minimum Gasteiger partial charge on any atom is -0.397 e. The summed E-state index contributed by atoms with van der Waals surface area (Å²) < 4.78 is 0. The first-order chi connectivity index (χ1) is 9.58. The molecule has 2 fully saturated rings. The highest BCUT2D eigenvalue weighted by atomic mass is 32.1. The fourth-order valence-corrected chi connectivity index (χ4v) is 3.66. The Kier molecular flexibility index (Phi) is 3.59. The molecule has 2 saturated carbocycles. The van der Waals surface area contributed by atoms with Gasteiger partial charge in [-0.25, -0.2) is 0 Å². The van der Waals surface area contributed by atoms with Crippen molar-refractivity contribution in [3.63, 3.8) is 0 Å². The molecule has 2 aliphatic carbocycles. The molecule has 1 aromatic rings. The number of ketones is 1. The summed E-state index contributed by atoms with van der Waals surface area (Å²) in [5, 5.41) is 4.57. The molecule has 0 aromatic carbocycles. The number of carbonyl (C=O) groups is 1. The Morgan fingerprint density at radius 1 is 1.35 bits per heavy atom. The number of allylic oxidation sites excluding steroid dienone is 1. The van der Waals surface area contributed by atoms with Gasteiger partial charge in [-0.2, -0.15) is 0 Å². The van der Waals surface area contributed by atoms with Gasteiger partial charge in [-0.1, -0.05) is 11.6 Å². The Morgan fingerprint density at radius 2 is 2.05 bits per heavy atom. The fraction of sp³-hybridized carbons (Fsp3) is 0.562. The Balaban J connectivity index is 1.85. The number of nitrogen functional groups attached to an aromatic ring is 1. The van der Waals surface area contributed by atoms with Gasteiger partial charge in [0.15, 0.2) is 5.78 Å². The van der Waals surface area contributed by atoms with Crippen LogP contribution in [0.3, 0.4) is 0 Å². The van der Waals surface area contributed by atoms with E-state index in [-0.39, 0.29) is 11.7 Å². The second-order valence-electron chi connectivity index (χ2n) is 6.16. The number of carbonyl (C=O) groups excluding carboxylic acids is 1. The lowest BCUT2D eigenvalue weighted by atomic mass is 10.1. The highest BCUT2D eigenvalue weighted by Crippen LogP contribution is 2.52. The summed E-state index contributed by atoms with van der Waals surface area (Å²) in [7, 11) is 0. The first-order valence-corrected chi connectivity index (χ1v) is 8.23. The van der Waals surface area contributed by atoms with Crippen molar-refractivity contribution in [1.29, 1.82) is 0 Å². The van der Waals surface area contributed by atoms with Crippen molar-refractivity contribution in [2.45, 2.75) is 45.4 Å². The Hall–Kier alpha value is -1.29. The van der Waals surface area contributed by atoms with E-state index in [1.807, 2.05) is 0 Å². The average molecular weight is 290 g/mol. The summed E-state index contributed by atoms with van der Waals surface area (Å²) >= 11 is 1.57. The smallest absolute Gasteiger partial charge is 0.178 e. The summed E-state index contributed by atoms with van der Waals surface area (Å²) in [4.78, 5) is 13.1. The van der Waals surface area contributed by atoms with Gasteiger partial charge >= 0.3 is 0 Å². The summed E-state index contributed by atoms with van der Waals surface area (Å²) in [6, 6.07) is 0. The average Bonchev–Trinajstić information content (AvgIpc) is 3.26. The molecule has 4 heteroatoms. The van der Waals surface area contributed by atoms with Crippen molar-refractivity contribution in [3.8, 4) is 0 Å². The van der Waals surface area contributed by atoms with Crippen LogP contribution in [0.5, 0.6) is 0 Å². The van der Waals surface area contributed by atoms with E-state index in [1.54, 1.807) is 11.3 Å². The molecule has 0 spiro atoms. The highest BCUT2D eigenvalue weighted by molar-refractivity contribution is 7.19. The van der Waals surface area contributed by atoms with E-state index in [2.05, 4.69) is 25.2 Å². The monoisotopic (exact) mass is 290 g/mol. The van der Waals surface area contributed by atoms with Crippen LogP contribution in [-0.4, -0.2) is 12.3 Å². The topological polar surface area (TPSA) is 55.1 Å². The van der Waals surface area contributed by atoms with E-state index < -0.39 is 0 Å². The molecule has 0 bridgehead atoms. The van der Waals surface area contributed by atoms with E-state index in [0.29, 0.717) is 5.92 Å². The van der Waals surface area contributed by atoms with Gasteiger partial charge in [0.2, 0.25) is 0 Å². The van der Waals surface area contributed by atoms with Gasteiger partial charge in [0.1, 0.15) is 0 Å². The molecule has 3 rings (SSSR count). The SMILES string of the molecule is CC(C)=CCNc1sc(C(=O)C2CC2)c(N)c1C1CC1. The quantitative estimate of drug-likeness (QED) is 0.610. The lowest BCUT2D eigenvalue weighted by Crippen LogP contribution is -2.03. The Morgan fingerprint density at radius 3 is 2.60 bits per heavy atom. The predicted octanol–water partition coefficient (Wildman–Crippen LogP) is 4.18. The molecule has 0 aliphatic heterocycles. The Bertz CT molecular complexity index is 561. The maximum absolute atomic E-state index is 12.3. The van der Waals surface area contributed by atoms with Crippen LogP contribution in [0.4, 0.5) is 10.7 Å². The van der Waals surface area contributed by atoms with Crippen LogP contribution in [0.2, 0.25) is 0 Å². The lowest BCUT2D eigenvalue weighted by Gasteiger charge is -2.05. The van der Waals surface area contributed by atoms with E-state index in [4.69, 9.17) is 5.73 Å². The molecule has 1 heterocycles. The number of hydrogen-bond donors (Lipinski definition) is 2. The van der Waals surface area contributed by atoms with E-state index >= 15 is 0 Å². The first kappa shape index (κ1) is 13.7. The van der Waals surface area contributed by atoms with Gasteiger partial charge < -0.3 is 11.1 Å². The molecule has 3 nitrogen and oxygen atoms in total. The fourth-order valence-electron chi connectivity index (χ4n) is 2.43. The summed E-state index contributed by atoms with van der Waals surface area (Å²) in [6.45, 7) is 4.99. The van der Waals surface area contributed by atoms with E-state index in [0.717, 1.165) is 35.0 Å². The standard InChI is InChI=1S/C16H22N2OS/c1-9(2)7-8-18-16-12(10-3-4-10)13(17)15(20-16)14(19)11-5-6-11/h7,10-11,18H,3-6,8,17H2,1-2H3. The van der Waals surface area contributed by atoms with Gasteiger partial charge in [-0.15, -0.1) is 11.3 Å². The van der Waals surface area contributed by atoms with E-state index in [1.165, 1.54) is 24.0 Å². The molecular formula is C16H22N2OS. The highest BCUT2D eigenvalue weighted by Gasteiger charge is 2.37. The molecule has 0 unspecified atom stereocenters. The van der Waals surface area contributed by atoms with Crippen LogP contribution in [0.15, 0.2) is 11.6 Å². The predicted molar refractivity (Wildman–Crippen MR) is 85.7 cm³/mol. The number of thiophene rings is 1. The van der Waals surface area contributed by atoms with Crippen LogP contribution in [0.25, 0.3) is 0 Å². The third-order valence-corrected chi connectivity index (χ3v) is 5.11. The number of nitrogens with one attached hydrogen (secondary N) is 1. The number of anilines is 2. The van der Waals surface area contributed by atoms with Crippen molar-refractivity contribution in [2.75, 3.05) is 17.6 Å².